The number of fused-ring (bicyclic) bond motifs is 1. The summed E-state index contributed by atoms with van der Waals surface area (Å²) < 4.78 is 0. The summed E-state index contributed by atoms with van der Waals surface area (Å²) in [6.45, 7) is 6.25. The minimum absolute atomic E-state index is 0.561. The van der Waals surface area contributed by atoms with Gasteiger partial charge in [-0.25, -0.2) is 0 Å². The number of hydrogen-bond acceptors (Lipinski definition) is 4. The summed E-state index contributed by atoms with van der Waals surface area (Å²) in [6.07, 6.45) is 1.79. The van der Waals surface area contributed by atoms with E-state index < -0.39 is 0 Å². The highest BCUT2D eigenvalue weighted by Crippen LogP contribution is 2.18. The van der Waals surface area contributed by atoms with Crippen molar-refractivity contribution in [2.24, 2.45) is 0 Å². The molecule has 0 fully saturated rings. The third-order valence-electron chi connectivity index (χ3n) is 3.21. The zero-order chi connectivity index (χ0) is 13.0. The zero-order valence-electron chi connectivity index (χ0n) is 11.2. The predicted octanol–water partition coefficient (Wildman–Crippen LogP) is 2.38. The van der Waals surface area contributed by atoms with Gasteiger partial charge in [0.25, 0.3) is 0 Å². The highest BCUT2D eigenvalue weighted by Gasteiger charge is 2.04. The maximum atomic E-state index is 4.17. The SMILES string of the molecule is CC(C)N(C)CCNc1nncc2ccccc12. The Morgan fingerprint density at radius 2 is 2.06 bits per heavy atom. The Labute approximate surface area is 108 Å². The Morgan fingerprint density at radius 3 is 2.83 bits per heavy atom. The van der Waals surface area contributed by atoms with Gasteiger partial charge in [0.1, 0.15) is 0 Å². The standard InChI is InChI=1S/C14H20N4/c1-11(2)18(3)9-8-15-14-13-7-5-4-6-12(13)10-16-17-14/h4-7,10-11H,8-9H2,1-3H3,(H,15,17). The summed E-state index contributed by atoms with van der Waals surface area (Å²) in [5.74, 6) is 0.866. The van der Waals surface area contributed by atoms with E-state index in [-0.39, 0.29) is 0 Å². The van der Waals surface area contributed by atoms with Gasteiger partial charge in [0, 0.05) is 29.9 Å². The van der Waals surface area contributed by atoms with E-state index in [0.29, 0.717) is 6.04 Å². The molecule has 0 radical (unpaired) electrons. The van der Waals surface area contributed by atoms with Crippen LogP contribution in [0.1, 0.15) is 13.8 Å². The van der Waals surface area contributed by atoms with Gasteiger partial charge in [-0.15, -0.1) is 5.10 Å². The molecule has 0 aliphatic carbocycles. The van der Waals surface area contributed by atoms with Crippen molar-refractivity contribution in [2.45, 2.75) is 19.9 Å². The minimum atomic E-state index is 0.561. The summed E-state index contributed by atoms with van der Waals surface area (Å²) in [6, 6.07) is 8.72. The molecule has 2 aromatic rings. The lowest BCUT2D eigenvalue weighted by Crippen LogP contribution is -2.31. The molecule has 0 unspecified atom stereocenters. The highest BCUT2D eigenvalue weighted by atomic mass is 15.2. The monoisotopic (exact) mass is 244 g/mol. The van der Waals surface area contributed by atoms with E-state index in [0.717, 1.165) is 29.7 Å². The molecular formula is C14H20N4. The first-order chi connectivity index (χ1) is 8.68. The summed E-state index contributed by atoms with van der Waals surface area (Å²) >= 11 is 0. The Hall–Kier alpha value is -1.68. The molecule has 96 valence electrons. The number of hydrogen-bond donors (Lipinski definition) is 1. The molecule has 0 atom stereocenters. The van der Waals surface area contributed by atoms with Crippen molar-refractivity contribution >= 4 is 16.6 Å². The fourth-order valence-electron chi connectivity index (χ4n) is 1.77. The lowest BCUT2D eigenvalue weighted by molar-refractivity contribution is 0.284. The van der Waals surface area contributed by atoms with Gasteiger partial charge in [-0.1, -0.05) is 24.3 Å². The van der Waals surface area contributed by atoms with Crippen molar-refractivity contribution in [3.05, 3.63) is 30.5 Å². The average molecular weight is 244 g/mol. The second-order valence-electron chi connectivity index (χ2n) is 4.78. The maximum absolute atomic E-state index is 4.17. The van der Waals surface area contributed by atoms with Crippen LogP contribution in [0.15, 0.2) is 30.5 Å². The average Bonchev–Trinajstić information content (AvgIpc) is 2.38. The van der Waals surface area contributed by atoms with E-state index in [1.807, 2.05) is 12.1 Å². The molecule has 1 aromatic heterocycles. The normalized spacial score (nSPS) is 11.4. The molecule has 0 spiro atoms. The van der Waals surface area contributed by atoms with Crippen molar-refractivity contribution in [1.82, 2.24) is 15.1 Å². The largest absolute Gasteiger partial charge is 0.367 e. The Balaban J connectivity index is 2.04. The van der Waals surface area contributed by atoms with Crippen molar-refractivity contribution in [3.8, 4) is 0 Å². The third kappa shape index (κ3) is 2.96. The predicted molar refractivity (Wildman–Crippen MR) is 75.8 cm³/mol. The number of benzene rings is 1. The van der Waals surface area contributed by atoms with Gasteiger partial charge in [-0.05, 0) is 20.9 Å². The summed E-state index contributed by atoms with van der Waals surface area (Å²) in [7, 11) is 2.13. The van der Waals surface area contributed by atoms with E-state index in [1.165, 1.54) is 0 Å². The second-order valence-corrected chi connectivity index (χ2v) is 4.78. The number of aromatic nitrogens is 2. The van der Waals surface area contributed by atoms with Crippen LogP contribution in [0.4, 0.5) is 5.82 Å². The number of nitrogens with zero attached hydrogens (tertiary/aromatic N) is 3. The first-order valence-corrected chi connectivity index (χ1v) is 6.33. The van der Waals surface area contributed by atoms with Crippen LogP contribution in [0.2, 0.25) is 0 Å². The van der Waals surface area contributed by atoms with Crippen LogP contribution in [0.5, 0.6) is 0 Å². The van der Waals surface area contributed by atoms with Crippen LogP contribution in [0.25, 0.3) is 10.8 Å². The molecule has 4 heteroatoms. The number of nitrogens with one attached hydrogen (secondary N) is 1. The molecule has 1 aromatic carbocycles. The third-order valence-corrected chi connectivity index (χ3v) is 3.21. The fourth-order valence-corrected chi connectivity index (χ4v) is 1.77. The molecule has 0 bridgehead atoms. The van der Waals surface area contributed by atoms with Crippen molar-refractivity contribution < 1.29 is 0 Å². The van der Waals surface area contributed by atoms with Crippen LogP contribution >= 0.6 is 0 Å². The Morgan fingerprint density at radius 1 is 1.28 bits per heavy atom. The van der Waals surface area contributed by atoms with Crippen molar-refractivity contribution in [1.29, 1.82) is 0 Å². The highest BCUT2D eigenvalue weighted by molar-refractivity contribution is 5.90. The number of anilines is 1. The van der Waals surface area contributed by atoms with Gasteiger partial charge in [0.15, 0.2) is 5.82 Å². The quantitative estimate of drug-likeness (QED) is 0.876. The van der Waals surface area contributed by atoms with Crippen LogP contribution < -0.4 is 5.32 Å². The number of rotatable bonds is 5. The van der Waals surface area contributed by atoms with Gasteiger partial charge in [-0.2, -0.15) is 5.10 Å². The van der Waals surface area contributed by atoms with E-state index >= 15 is 0 Å². The fraction of sp³-hybridized carbons (Fsp3) is 0.429. The molecule has 18 heavy (non-hydrogen) atoms. The molecule has 0 saturated heterocycles. The zero-order valence-corrected chi connectivity index (χ0v) is 11.2. The summed E-state index contributed by atoms with van der Waals surface area (Å²) in [4.78, 5) is 2.30. The van der Waals surface area contributed by atoms with Crippen LogP contribution in [0, 0.1) is 0 Å². The Kier molecular flexibility index (Phi) is 4.10. The van der Waals surface area contributed by atoms with Crippen LogP contribution in [-0.2, 0) is 0 Å². The smallest absolute Gasteiger partial charge is 0.156 e. The van der Waals surface area contributed by atoms with E-state index in [4.69, 9.17) is 0 Å². The van der Waals surface area contributed by atoms with Gasteiger partial charge in [0.05, 0.1) is 6.20 Å². The lowest BCUT2D eigenvalue weighted by atomic mass is 10.2. The molecule has 1 heterocycles. The second kappa shape index (κ2) is 5.78. The van der Waals surface area contributed by atoms with E-state index in [9.17, 15) is 0 Å². The lowest BCUT2D eigenvalue weighted by Gasteiger charge is -2.21. The maximum Gasteiger partial charge on any atom is 0.156 e. The van der Waals surface area contributed by atoms with Crippen molar-refractivity contribution in [2.75, 3.05) is 25.5 Å². The Bertz CT molecular complexity index is 505. The van der Waals surface area contributed by atoms with E-state index in [1.54, 1.807) is 6.20 Å². The van der Waals surface area contributed by atoms with Crippen molar-refractivity contribution in [3.63, 3.8) is 0 Å². The van der Waals surface area contributed by atoms with Gasteiger partial charge in [0.2, 0.25) is 0 Å². The molecule has 0 amide bonds. The number of likely N-dealkylation sites (N-methyl/N-ethyl adjacent to an activating group) is 1. The summed E-state index contributed by atoms with van der Waals surface area (Å²) in [5.41, 5.74) is 0. The van der Waals surface area contributed by atoms with Crippen LogP contribution in [0.3, 0.4) is 0 Å². The summed E-state index contributed by atoms with van der Waals surface area (Å²) in [5, 5.41) is 13.8. The first kappa shape index (κ1) is 12.8. The molecule has 0 saturated carbocycles. The van der Waals surface area contributed by atoms with Gasteiger partial charge < -0.3 is 10.2 Å². The first-order valence-electron chi connectivity index (χ1n) is 6.33. The van der Waals surface area contributed by atoms with Gasteiger partial charge >= 0.3 is 0 Å². The molecule has 4 nitrogen and oxygen atoms in total. The van der Waals surface area contributed by atoms with Gasteiger partial charge in [-0.3, -0.25) is 0 Å². The van der Waals surface area contributed by atoms with Crippen LogP contribution in [-0.4, -0.2) is 41.3 Å². The minimum Gasteiger partial charge on any atom is -0.367 e. The molecule has 0 aliphatic rings. The topological polar surface area (TPSA) is 41.0 Å². The van der Waals surface area contributed by atoms with E-state index in [2.05, 4.69) is 53.4 Å². The molecule has 2 rings (SSSR count). The molecular weight excluding hydrogens is 224 g/mol. The molecule has 0 aliphatic heterocycles. The molecule has 1 N–H and O–H groups in total.